The zero-order valence-corrected chi connectivity index (χ0v) is 41.4. The number of allylic oxidation sites excluding steroid dienone is 4. The fourth-order valence-corrected chi connectivity index (χ4v) is 11.2. The fourth-order valence-electron chi connectivity index (χ4n) is 11.2. The third-order valence-electron chi connectivity index (χ3n) is 14.7. The van der Waals surface area contributed by atoms with E-state index in [1.807, 2.05) is 18.2 Å². The summed E-state index contributed by atoms with van der Waals surface area (Å²) in [5.74, 6) is 0. The topological polar surface area (TPSA) is 13.1 Å². The largest absolute Gasteiger partial charge is 0.310 e. The van der Waals surface area contributed by atoms with Gasteiger partial charge in [0.2, 0.25) is 0 Å². The van der Waals surface area contributed by atoms with Gasteiger partial charge in [0.1, 0.15) is 0 Å². The molecule has 354 valence electrons. The Bertz CT molecular complexity index is 4410. The second-order valence-corrected chi connectivity index (χ2v) is 19.0. The van der Waals surface area contributed by atoms with Gasteiger partial charge in [-0.15, -0.1) is 0 Å². The lowest BCUT2D eigenvalue weighted by molar-refractivity contribution is 1.17. The van der Waals surface area contributed by atoms with Crippen LogP contribution in [0.25, 0.3) is 104 Å². The minimum Gasteiger partial charge on any atom is -0.310 e. The van der Waals surface area contributed by atoms with Crippen molar-refractivity contribution in [2.45, 2.75) is 0 Å². The summed E-state index contributed by atoms with van der Waals surface area (Å²) in [7, 11) is 0. The van der Waals surface area contributed by atoms with Gasteiger partial charge in [-0.1, -0.05) is 201 Å². The molecule has 13 aromatic rings. The maximum atomic E-state index is 4.19. The second kappa shape index (κ2) is 19.2. The van der Waals surface area contributed by atoms with Crippen LogP contribution in [0.2, 0.25) is 0 Å². The minimum absolute atomic E-state index is 1.01. The van der Waals surface area contributed by atoms with E-state index < -0.39 is 0 Å². The molecule has 0 bridgehead atoms. The zero-order valence-electron chi connectivity index (χ0n) is 41.4. The Hall–Kier alpha value is -9.96. The number of aromatic nitrogens is 2. The van der Waals surface area contributed by atoms with Crippen LogP contribution in [0.15, 0.2) is 298 Å². The zero-order chi connectivity index (χ0) is 50.2. The van der Waals surface area contributed by atoms with Crippen LogP contribution < -0.4 is 4.90 Å². The third-order valence-corrected chi connectivity index (χ3v) is 14.7. The maximum absolute atomic E-state index is 4.19. The van der Waals surface area contributed by atoms with E-state index in [2.05, 4.69) is 294 Å². The Labute approximate surface area is 437 Å². The van der Waals surface area contributed by atoms with Crippen LogP contribution in [0.5, 0.6) is 0 Å². The number of hydrogen-bond donors (Lipinski definition) is 0. The smallest absolute Gasteiger partial charge is 0.0542 e. The molecule has 11 aromatic carbocycles. The van der Waals surface area contributed by atoms with Crippen molar-refractivity contribution >= 4 is 87.8 Å². The fraction of sp³-hybridized carbons (Fsp3) is 0. The van der Waals surface area contributed by atoms with E-state index in [9.17, 15) is 0 Å². The van der Waals surface area contributed by atoms with Gasteiger partial charge in [-0.2, -0.15) is 0 Å². The molecule has 0 radical (unpaired) electrons. The molecule has 0 spiro atoms. The number of benzene rings is 11. The monoisotopic (exact) mass is 957 g/mol. The van der Waals surface area contributed by atoms with Crippen LogP contribution in [-0.2, 0) is 0 Å². The molecule has 0 aliphatic heterocycles. The molecule has 75 heavy (non-hydrogen) atoms. The molecule has 3 nitrogen and oxygen atoms in total. The molecule has 0 saturated carbocycles. The molecule has 2 aromatic heterocycles. The average molecular weight is 958 g/mol. The Morgan fingerprint density at radius 3 is 1.33 bits per heavy atom. The summed E-state index contributed by atoms with van der Waals surface area (Å²) in [5, 5.41) is 9.41. The first kappa shape index (κ1) is 44.9. The highest BCUT2D eigenvalue weighted by molar-refractivity contribution is 6.20. The molecular formula is C72H51N3. The average Bonchev–Trinajstić information content (AvgIpc) is 3.87. The predicted molar refractivity (Wildman–Crippen MR) is 322 cm³/mol. The summed E-state index contributed by atoms with van der Waals surface area (Å²) in [4.78, 5) is 2.36. The number of hydrogen-bond acceptors (Lipinski definition) is 1. The summed E-state index contributed by atoms with van der Waals surface area (Å²) in [6, 6.07) is 97.1. The Morgan fingerprint density at radius 1 is 0.307 bits per heavy atom. The molecule has 0 fully saturated rings. The van der Waals surface area contributed by atoms with Crippen molar-refractivity contribution < 1.29 is 0 Å². The van der Waals surface area contributed by atoms with Gasteiger partial charge >= 0.3 is 0 Å². The van der Waals surface area contributed by atoms with Crippen molar-refractivity contribution in [1.82, 2.24) is 9.13 Å². The number of nitrogens with zero attached hydrogens (tertiary/aromatic N) is 3. The lowest BCUT2D eigenvalue weighted by atomic mass is 9.98. The highest BCUT2D eigenvalue weighted by Crippen LogP contribution is 2.42. The molecule has 2 heterocycles. The highest BCUT2D eigenvalue weighted by atomic mass is 15.1. The van der Waals surface area contributed by atoms with E-state index in [-0.39, 0.29) is 0 Å². The van der Waals surface area contributed by atoms with Crippen LogP contribution in [0.1, 0.15) is 5.56 Å². The molecule has 13 rings (SSSR count). The first-order chi connectivity index (χ1) is 37.1. The molecule has 0 N–H and O–H groups in total. The first-order valence-electron chi connectivity index (χ1n) is 25.6. The van der Waals surface area contributed by atoms with Gasteiger partial charge < -0.3 is 14.0 Å². The van der Waals surface area contributed by atoms with E-state index in [0.29, 0.717) is 0 Å². The molecule has 0 saturated heterocycles. The van der Waals surface area contributed by atoms with Crippen molar-refractivity contribution in [1.29, 1.82) is 0 Å². The van der Waals surface area contributed by atoms with Gasteiger partial charge in [0, 0.05) is 50.0 Å². The molecule has 0 unspecified atom stereocenters. The maximum Gasteiger partial charge on any atom is 0.0542 e. The molecule has 0 aliphatic carbocycles. The Morgan fingerprint density at radius 2 is 0.720 bits per heavy atom. The van der Waals surface area contributed by atoms with Crippen molar-refractivity contribution in [3.8, 4) is 33.6 Å². The van der Waals surface area contributed by atoms with E-state index in [1.54, 1.807) is 0 Å². The predicted octanol–water partition coefficient (Wildman–Crippen LogP) is 19.9. The van der Waals surface area contributed by atoms with Crippen LogP contribution in [0, 0.1) is 0 Å². The van der Waals surface area contributed by atoms with E-state index in [1.165, 1.54) is 49.1 Å². The lowest BCUT2D eigenvalue weighted by Crippen LogP contribution is -2.09. The lowest BCUT2D eigenvalue weighted by Gasteiger charge is -2.26. The van der Waals surface area contributed by atoms with E-state index >= 15 is 0 Å². The van der Waals surface area contributed by atoms with E-state index in [4.69, 9.17) is 0 Å². The quantitative estimate of drug-likeness (QED) is 0.125. The summed E-state index contributed by atoms with van der Waals surface area (Å²) < 4.78 is 4.82. The normalized spacial score (nSPS) is 11.7. The van der Waals surface area contributed by atoms with Crippen molar-refractivity contribution in [3.05, 3.63) is 304 Å². The SMILES string of the molecule is C=C/C=C(\C=C)c1ccc2c(c1)c1ccccc1c1ccccc1c1cc(-c3ccccc3)ccc1n2-c1ccc(-c2ccc(N(c3ccccc3)c3ccc4c(c3)c3ccccc3n4-c3ccccc3)cc2)cc1. The number of rotatable bonds is 10. The van der Waals surface area contributed by atoms with Gasteiger partial charge in [-0.05, 0) is 152 Å². The first-order valence-corrected chi connectivity index (χ1v) is 25.6. The van der Waals surface area contributed by atoms with Gasteiger partial charge in [0.15, 0.2) is 0 Å². The molecular weight excluding hydrogens is 907 g/mol. The van der Waals surface area contributed by atoms with Gasteiger partial charge in [0.05, 0.1) is 22.1 Å². The summed E-state index contributed by atoms with van der Waals surface area (Å²) in [6.07, 6.45) is 5.77. The number of anilines is 3. The highest BCUT2D eigenvalue weighted by Gasteiger charge is 2.19. The standard InChI is InChI=1S/C72H51N3/c1-3-20-50(4-2)54-37-44-70-66(47-54)63-29-16-14-27-61(63)62-28-15-17-30-64(62)67-48-55(51-21-8-5-9-22-51)38-45-71(67)75(70)59-41-35-53(36-42-59)52-33-39-58(40-34-52)73(56-23-10-6-11-24-56)60-43-46-72-68(49-60)65-31-18-19-32-69(65)74(72)57-25-12-7-13-26-57/h3-49H,1-2H2/b50-20+. The van der Waals surface area contributed by atoms with Crippen LogP contribution in [0.4, 0.5) is 17.1 Å². The van der Waals surface area contributed by atoms with Gasteiger partial charge in [0.25, 0.3) is 0 Å². The number of fused-ring (bicyclic) bond motifs is 10. The molecule has 0 atom stereocenters. The second-order valence-electron chi connectivity index (χ2n) is 19.0. The van der Waals surface area contributed by atoms with Crippen LogP contribution in [0.3, 0.4) is 0 Å². The molecule has 0 amide bonds. The molecule has 0 aliphatic rings. The van der Waals surface area contributed by atoms with Crippen molar-refractivity contribution in [2.75, 3.05) is 4.90 Å². The summed E-state index contributed by atoms with van der Waals surface area (Å²) in [5.41, 5.74) is 16.7. The van der Waals surface area contributed by atoms with Crippen molar-refractivity contribution in [3.63, 3.8) is 0 Å². The van der Waals surface area contributed by atoms with Crippen LogP contribution >= 0.6 is 0 Å². The summed E-state index contributed by atoms with van der Waals surface area (Å²) >= 11 is 0. The van der Waals surface area contributed by atoms with Crippen molar-refractivity contribution in [2.24, 2.45) is 0 Å². The summed E-state index contributed by atoms with van der Waals surface area (Å²) in [6.45, 7) is 8.21. The third kappa shape index (κ3) is 8.04. The Kier molecular flexibility index (Phi) is 11.5. The van der Waals surface area contributed by atoms with Gasteiger partial charge in [-0.25, -0.2) is 0 Å². The Balaban J connectivity index is 0.971. The van der Waals surface area contributed by atoms with E-state index in [0.717, 1.165) is 77.9 Å². The minimum atomic E-state index is 1.01. The van der Waals surface area contributed by atoms with Crippen LogP contribution in [-0.4, -0.2) is 9.13 Å². The molecule has 3 heteroatoms. The number of para-hydroxylation sites is 3. The van der Waals surface area contributed by atoms with Gasteiger partial charge in [-0.3, -0.25) is 0 Å².